The van der Waals surface area contributed by atoms with Gasteiger partial charge in [0.1, 0.15) is 0 Å². The molecule has 2 aromatic heterocycles. The highest BCUT2D eigenvalue weighted by molar-refractivity contribution is 7.99. The van der Waals surface area contributed by atoms with Crippen molar-refractivity contribution >= 4 is 35.0 Å². The fourth-order valence-corrected chi connectivity index (χ4v) is 3.86. The van der Waals surface area contributed by atoms with E-state index in [1.54, 1.807) is 18.4 Å². The Kier molecular flexibility index (Phi) is 5.16. The lowest BCUT2D eigenvalue weighted by Crippen LogP contribution is -2.20. The molecule has 2 amide bonds. The minimum atomic E-state index is -0.130. The molecule has 1 aliphatic rings. The normalized spacial score (nSPS) is 13.1. The SMILES string of the molecule is CCn1c(SCC(=O)Nc2ccc3c(c2)CCC(=O)N3)nnc1-c1ccco1. The van der Waals surface area contributed by atoms with Crippen LogP contribution >= 0.6 is 11.8 Å². The van der Waals surface area contributed by atoms with Crippen LogP contribution in [0.5, 0.6) is 0 Å². The Morgan fingerprint density at radius 2 is 2.21 bits per heavy atom. The summed E-state index contributed by atoms with van der Waals surface area (Å²) in [7, 11) is 0. The van der Waals surface area contributed by atoms with Gasteiger partial charge in [-0.2, -0.15) is 0 Å². The largest absolute Gasteiger partial charge is 0.461 e. The van der Waals surface area contributed by atoms with E-state index in [9.17, 15) is 9.59 Å². The van der Waals surface area contributed by atoms with Crippen molar-refractivity contribution in [2.75, 3.05) is 16.4 Å². The number of aryl methyl sites for hydroxylation is 1. The number of thioether (sulfide) groups is 1. The number of hydrogen-bond acceptors (Lipinski definition) is 6. The quantitative estimate of drug-likeness (QED) is 0.620. The molecular formula is C19H19N5O3S. The van der Waals surface area contributed by atoms with Gasteiger partial charge in [0.05, 0.1) is 12.0 Å². The third kappa shape index (κ3) is 3.79. The van der Waals surface area contributed by atoms with Crippen LogP contribution in [-0.4, -0.2) is 32.3 Å². The summed E-state index contributed by atoms with van der Waals surface area (Å²) in [6.45, 7) is 2.66. The van der Waals surface area contributed by atoms with Gasteiger partial charge in [0.2, 0.25) is 11.8 Å². The van der Waals surface area contributed by atoms with Crippen LogP contribution in [0.15, 0.2) is 46.2 Å². The molecule has 0 aliphatic carbocycles. The zero-order chi connectivity index (χ0) is 19.5. The summed E-state index contributed by atoms with van der Waals surface area (Å²) >= 11 is 1.32. The summed E-state index contributed by atoms with van der Waals surface area (Å²) < 4.78 is 7.31. The molecule has 0 saturated carbocycles. The fraction of sp³-hybridized carbons (Fsp3) is 0.263. The second kappa shape index (κ2) is 7.89. The van der Waals surface area contributed by atoms with Gasteiger partial charge < -0.3 is 15.1 Å². The van der Waals surface area contributed by atoms with Gasteiger partial charge in [-0.05, 0) is 49.2 Å². The first-order valence-corrected chi connectivity index (χ1v) is 9.95. The first kappa shape index (κ1) is 18.3. The van der Waals surface area contributed by atoms with Crippen molar-refractivity contribution in [1.29, 1.82) is 0 Å². The number of hydrogen-bond donors (Lipinski definition) is 2. The van der Waals surface area contributed by atoms with E-state index in [1.807, 2.05) is 29.7 Å². The van der Waals surface area contributed by atoms with Crippen LogP contribution < -0.4 is 10.6 Å². The van der Waals surface area contributed by atoms with Crippen LogP contribution in [0.1, 0.15) is 18.9 Å². The molecule has 0 unspecified atom stereocenters. The Bertz CT molecular complexity index is 1010. The number of nitrogens with one attached hydrogen (secondary N) is 2. The lowest BCUT2D eigenvalue weighted by atomic mass is 10.0. The lowest BCUT2D eigenvalue weighted by Gasteiger charge is -2.17. The maximum absolute atomic E-state index is 12.4. The van der Waals surface area contributed by atoms with Crippen molar-refractivity contribution in [2.45, 2.75) is 31.5 Å². The molecule has 0 saturated heterocycles. The molecule has 3 aromatic rings. The second-order valence-corrected chi connectivity index (χ2v) is 7.23. The van der Waals surface area contributed by atoms with Crippen LogP contribution in [0.3, 0.4) is 0 Å². The van der Waals surface area contributed by atoms with E-state index in [-0.39, 0.29) is 17.6 Å². The molecule has 0 bridgehead atoms. The van der Waals surface area contributed by atoms with E-state index in [2.05, 4.69) is 20.8 Å². The highest BCUT2D eigenvalue weighted by Gasteiger charge is 2.17. The number of aromatic nitrogens is 3. The van der Waals surface area contributed by atoms with Crippen molar-refractivity contribution < 1.29 is 14.0 Å². The van der Waals surface area contributed by atoms with E-state index in [0.717, 1.165) is 11.3 Å². The highest BCUT2D eigenvalue weighted by atomic mass is 32.2. The summed E-state index contributed by atoms with van der Waals surface area (Å²) in [5, 5.41) is 14.8. The number of anilines is 2. The molecule has 1 aliphatic heterocycles. The zero-order valence-electron chi connectivity index (χ0n) is 15.3. The molecule has 0 spiro atoms. The van der Waals surface area contributed by atoms with Crippen LogP contribution in [-0.2, 0) is 22.6 Å². The van der Waals surface area contributed by atoms with E-state index in [1.165, 1.54) is 11.8 Å². The number of benzene rings is 1. The number of amides is 2. The summed E-state index contributed by atoms with van der Waals surface area (Å²) in [5.74, 6) is 1.40. The maximum Gasteiger partial charge on any atom is 0.234 e. The summed E-state index contributed by atoms with van der Waals surface area (Å²) in [4.78, 5) is 23.8. The first-order valence-electron chi connectivity index (χ1n) is 8.96. The van der Waals surface area contributed by atoms with Crippen molar-refractivity contribution in [3.8, 4) is 11.6 Å². The minimum Gasteiger partial charge on any atom is -0.461 e. The van der Waals surface area contributed by atoms with Crippen molar-refractivity contribution in [3.05, 3.63) is 42.2 Å². The Hall–Kier alpha value is -3.07. The minimum absolute atomic E-state index is 0.0228. The fourth-order valence-electron chi connectivity index (χ4n) is 3.06. The summed E-state index contributed by atoms with van der Waals surface area (Å²) in [6, 6.07) is 9.14. The average Bonchev–Trinajstić information content (AvgIpc) is 3.35. The van der Waals surface area contributed by atoms with E-state index in [4.69, 9.17) is 4.42 Å². The summed E-state index contributed by atoms with van der Waals surface area (Å²) in [5.41, 5.74) is 2.55. The second-order valence-electron chi connectivity index (χ2n) is 6.28. The van der Waals surface area contributed by atoms with Crippen molar-refractivity contribution in [2.24, 2.45) is 0 Å². The Balaban J connectivity index is 1.39. The lowest BCUT2D eigenvalue weighted by molar-refractivity contribution is -0.116. The number of furan rings is 1. The number of fused-ring (bicyclic) bond motifs is 1. The summed E-state index contributed by atoms with van der Waals surface area (Å²) in [6.07, 6.45) is 2.73. The third-order valence-corrected chi connectivity index (χ3v) is 5.36. The molecular weight excluding hydrogens is 378 g/mol. The molecule has 0 fully saturated rings. The standard InChI is InChI=1S/C19H19N5O3S/c1-2-24-18(15-4-3-9-27-15)22-23-19(24)28-11-17(26)20-13-6-7-14-12(10-13)5-8-16(25)21-14/h3-4,6-7,9-10H,2,5,8,11H2,1H3,(H,20,26)(H,21,25). The van der Waals surface area contributed by atoms with Crippen LogP contribution in [0, 0.1) is 0 Å². The van der Waals surface area contributed by atoms with Crippen LogP contribution in [0.2, 0.25) is 0 Å². The van der Waals surface area contributed by atoms with Crippen LogP contribution in [0.4, 0.5) is 11.4 Å². The van der Waals surface area contributed by atoms with Gasteiger partial charge in [-0.15, -0.1) is 10.2 Å². The van der Waals surface area contributed by atoms with E-state index >= 15 is 0 Å². The van der Waals surface area contributed by atoms with E-state index < -0.39 is 0 Å². The van der Waals surface area contributed by atoms with Gasteiger partial charge in [0.15, 0.2) is 16.7 Å². The van der Waals surface area contributed by atoms with Crippen LogP contribution in [0.25, 0.3) is 11.6 Å². The van der Waals surface area contributed by atoms with Gasteiger partial charge in [-0.1, -0.05) is 11.8 Å². The van der Waals surface area contributed by atoms with Gasteiger partial charge in [0, 0.05) is 24.3 Å². The smallest absolute Gasteiger partial charge is 0.234 e. The molecule has 3 heterocycles. The Labute approximate surface area is 165 Å². The van der Waals surface area contributed by atoms with Gasteiger partial charge in [-0.3, -0.25) is 14.2 Å². The number of carbonyl (C=O) groups is 2. The van der Waals surface area contributed by atoms with Gasteiger partial charge in [-0.25, -0.2) is 0 Å². The van der Waals surface area contributed by atoms with E-state index in [0.29, 0.717) is 41.8 Å². The predicted octanol–water partition coefficient (Wildman–Crippen LogP) is 3.17. The molecule has 28 heavy (non-hydrogen) atoms. The molecule has 1 aromatic carbocycles. The van der Waals surface area contributed by atoms with Crippen molar-refractivity contribution in [1.82, 2.24) is 14.8 Å². The van der Waals surface area contributed by atoms with Gasteiger partial charge in [0.25, 0.3) is 0 Å². The zero-order valence-corrected chi connectivity index (χ0v) is 16.1. The molecule has 8 nitrogen and oxygen atoms in total. The first-order chi connectivity index (χ1) is 13.6. The predicted molar refractivity (Wildman–Crippen MR) is 106 cm³/mol. The number of carbonyl (C=O) groups excluding carboxylic acids is 2. The highest BCUT2D eigenvalue weighted by Crippen LogP contribution is 2.27. The molecule has 9 heteroatoms. The molecule has 144 valence electrons. The van der Waals surface area contributed by atoms with Gasteiger partial charge >= 0.3 is 0 Å². The monoisotopic (exact) mass is 397 g/mol. The average molecular weight is 397 g/mol. The molecule has 0 radical (unpaired) electrons. The number of rotatable bonds is 6. The van der Waals surface area contributed by atoms with Crippen molar-refractivity contribution in [3.63, 3.8) is 0 Å². The Morgan fingerprint density at radius 1 is 1.32 bits per heavy atom. The topological polar surface area (TPSA) is 102 Å². The third-order valence-electron chi connectivity index (χ3n) is 4.39. The molecule has 0 atom stereocenters. The molecule has 4 rings (SSSR count). The Morgan fingerprint density at radius 3 is 3.00 bits per heavy atom. The number of nitrogens with zero attached hydrogens (tertiary/aromatic N) is 3. The maximum atomic E-state index is 12.4. The molecule has 2 N–H and O–H groups in total.